The Morgan fingerprint density at radius 2 is 1.60 bits per heavy atom. The summed E-state index contributed by atoms with van der Waals surface area (Å²) in [5.41, 5.74) is 1.13. The Morgan fingerprint density at radius 3 is 2.15 bits per heavy atom. The van der Waals surface area contributed by atoms with E-state index in [-0.39, 0.29) is 12.4 Å². The first-order valence-corrected chi connectivity index (χ1v) is 6.08. The second-order valence-electron chi connectivity index (χ2n) is 4.13. The van der Waals surface area contributed by atoms with Crippen LogP contribution in [0.5, 0.6) is 11.5 Å². The average Bonchev–Trinajstić information content (AvgIpc) is 2.53. The number of benzene rings is 2. The third-order valence-electron chi connectivity index (χ3n) is 2.80. The van der Waals surface area contributed by atoms with Gasteiger partial charge < -0.3 is 9.47 Å². The van der Waals surface area contributed by atoms with Gasteiger partial charge in [-0.25, -0.2) is 0 Å². The first-order valence-electron chi connectivity index (χ1n) is 6.08. The Hall–Kier alpha value is -2.62. The molecule has 102 valence electrons. The molecule has 0 aromatic heterocycles. The maximum Gasteiger partial charge on any atom is 0.200 e. The molecule has 0 bridgehead atoms. The molecule has 4 heteroatoms. The molecule has 0 aliphatic rings. The van der Waals surface area contributed by atoms with Crippen LogP contribution in [0.15, 0.2) is 48.5 Å². The topological polar surface area (TPSA) is 52.6 Å². The van der Waals surface area contributed by atoms with Crippen LogP contribution < -0.4 is 9.47 Å². The number of hydrogen-bond acceptors (Lipinski definition) is 4. The van der Waals surface area contributed by atoms with Crippen LogP contribution in [0, 0.1) is 0 Å². The van der Waals surface area contributed by atoms with Crippen LogP contribution in [0.25, 0.3) is 0 Å². The molecule has 0 saturated heterocycles. The maximum atomic E-state index is 11.9. The summed E-state index contributed by atoms with van der Waals surface area (Å²) in [5.74, 6) is 1.14. The van der Waals surface area contributed by atoms with Gasteiger partial charge in [0.05, 0.1) is 7.11 Å². The highest BCUT2D eigenvalue weighted by atomic mass is 16.5. The normalized spacial score (nSPS) is 9.85. The van der Waals surface area contributed by atoms with Gasteiger partial charge in [-0.15, -0.1) is 0 Å². The average molecular weight is 270 g/mol. The lowest BCUT2D eigenvalue weighted by molar-refractivity contribution is 0.0921. The van der Waals surface area contributed by atoms with Crippen molar-refractivity contribution in [2.24, 2.45) is 0 Å². The highest BCUT2D eigenvalue weighted by Gasteiger charge is 2.07. The van der Waals surface area contributed by atoms with E-state index in [0.717, 1.165) is 6.29 Å². The molecule has 2 aromatic carbocycles. The van der Waals surface area contributed by atoms with Crippen molar-refractivity contribution in [3.05, 3.63) is 59.7 Å². The van der Waals surface area contributed by atoms with Crippen molar-refractivity contribution in [1.29, 1.82) is 0 Å². The SMILES string of the molecule is COc1ccc(C(=O)COc2ccc(C=O)cc2)cc1. The van der Waals surface area contributed by atoms with E-state index < -0.39 is 0 Å². The monoisotopic (exact) mass is 270 g/mol. The molecule has 0 saturated carbocycles. The van der Waals surface area contributed by atoms with Crippen LogP contribution >= 0.6 is 0 Å². The maximum absolute atomic E-state index is 11.9. The van der Waals surface area contributed by atoms with Crippen molar-refractivity contribution in [1.82, 2.24) is 0 Å². The van der Waals surface area contributed by atoms with Crippen molar-refractivity contribution in [2.75, 3.05) is 13.7 Å². The van der Waals surface area contributed by atoms with Gasteiger partial charge in [-0.2, -0.15) is 0 Å². The van der Waals surface area contributed by atoms with Crippen LogP contribution in [0.2, 0.25) is 0 Å². The molecule has 0 fully saturated rings. The first kappa shape index (κ1) is 13.8. The van der Waals surface area contributed by atoms with E-state index in [2.05, 4.69) is 0 Å². The van der Waals surface area contributed by atoms with Crippen LogP contribution in [0.3, 0.4) is 0 Å². The lowest BCUT2D eigenvalue weighted by Gasteiger charge is -2.06. The summed E-state index contributed by atoms with van der Waals surface area (Å²) >= 11 is 0. The standard InChI is InChI=1S/C16H14O4/c1-19-14-8-4-13(5-9-14)16(18)11-20-15-6-2-12(10-17)3-7-15/h2-10H,11H2,1H3. The van der Waals surface area contributed by atoms with Crippen LogP contribution in [-0.4, -0.2) is 25.8 Å². The number of ketones is 1. The van der Waals surface area contributed by atoms with Crippen molar-refractivity contribution >= 4 is 12.1 Å². The van der Waals surface area contributed by atoms with Crippen LogP contribution in [0.1, 0.15) is 20.7 Å². The molecule has 0 aliphatic carbocycles. The molecule has 20 heavy (non-hydrogen) atoms. The number of aldehydes is 1. The molecule has 0 spiro atoms. The van der Waals surface area contributed by atoms with Gasteiger partial charge in [0.15, 0.2) is 12.4 Å². The number of hydrogen-bond donors (Lipinski definition) is 0. The van der Waals surface area contributed by atoms with Gasteiger partial charge in [-0.05, 0) is 48.5 Å². The lowest BCUT2D eigenvalue weighted by Crippen LogP contribution is -2.11. The zero-order valence-electron chi connectivity index (χ0n) is 11.0. The molecule has 0 atom stereocenters. The number of Topliss-reactive ketones (excluding diaryl/α,β-unsaturated/α-hetero) is 1. The Kier molecular flexibility index (Phi) is 4.50. The predicted octanol–water partition coefficient (Wildman–Crippen LogP) is 2.77. The highest BCUT2D eigenvalue weighted by Crippen LogP contribution is 2.14. The van der Waals surface area contributed by atoms with Gasteiger partial charge in [-0.1, -0.05) is 0 Å². The molecule has 0 unspecified atom stereocenters. The lowest BCUT2D eigenvalue weighted by atomic mass is 10.1. The molecule has 0 heterocycles. The Bertz CT molecular complexity index is 585. The molecular formula is C16H14O4. The molecule has 2 rings (SSSR count). The first-order chi connectivity index (χ1) is 9.72. The minimum absolute atomic E-state index is 0.0488. The largest absolute Gasteiger partial charge is 0.497 e. The Morgan fingerprint density at radius 1 is 1.00 bits per heavy atom. The van der Waals surface area contributed by atoms with E-state index in [1.54, 1.807) is 55.6 Å². The summed E-state index contributed by atoms with van der Waals surface area (Å²) in [7, 11) is 1.57. The third-order valence-corrected chi connectivity index (χ3v) is 2.80. The van der Waals surface area contributed by atoms with Gasteiger partial charge in [0.1, 0.15) is 17.8 Å². The summed E-state index contributed by atoms with van der Waals surface area (Å²) in [6.07, 6.45) is 0.756. The fraction of sp³-hybridized carbons (Fsp3) is 0.125. The number of rotatable bonds is 6. The molecule has 0 radical (unpaired) electrons. The summed E-state index contributed by atoms with van der Waals surface area (Å²) in [6.45, 7) is -0.0488. The van der Waals surface area contributed by atoms with Crippen LogP contribution in [-0.2, 0) is 0 Å². The zero-order valence-corrected chi connectivity index (χ0v) is 11.0. The zero-order chi connectivity index (χ0) is 14.4. The summed E-state index contributed by atoms with van der Waals surface area (Å²) in [4.78, 5) is 22.4. The number of carbonyl (C=O) groups is 2. The van der Waals surface area contributed by atoms with Gasteiger partial charge in [0, 0.05) is 11.1 Å². The Balaban J connectivity index is 1.94. The van der Waals surface area contributed by atoms with Crippen molar-refractivity contribution in [3.63, 3.8) is 0 Å². The number of carbonyl (C=O) groups excluding carboxylic acids is 2. The quantitative estimate of drug-likeness (QED) is 0.598. The molecule has 4 nitrogen and oxygen atoms in total. The van der Waals surface area contributed by atoms with Crippen LogP contribution in [0.4, 0.5) is 0 Å². The van der Waals surface area contributed by atoms with Gasteiger partial charge in [-0.3, -0.25) is 9.59 Å². The molecule has 2 aromatic rings. The number of methoxy groups -OCH3 is 1. The fourth-order valence-electron chi connectivity index (χ4n) is 1.65. The second-order valence-corrected chi connectivity index (χ2v) is 4.13. The van der Waals surface area contributed by atoms with Crippen molar-refractivity contribution in [2.45, 2.75) is 0 Å². The minimum atomic E-state index is -0.118. The van der Waals surface area contributed by atoms with E-state index >= 15 is 0 Å². The number of ether oxygens (including phenoxy) is 2. The molecule has 0 aliphatic heterocycles. The molecular weight excluding hydrogens is 256 g/mol. The highest BCUT2D eigenvalue weighted by molar-refractivity contribution is 5.97. The predicted molar refractivity (Wildman–Crippen MR) is 74.6 cm³/mol. The van der Waals surface area contributed by atoms with Gasteiger partial charge in [0.2, 0.25) is 0 Å². The van der Waals surface area contributed by atoms with Crippen molar-refractivity contribution in [3.8, 4) is 11.5 Å². The van der Waals surface area contributed by atoms with Gasteiger partial charge >= 0.3 is 0 Å². The third kappa shape index (κ3) is 3.45. The van der Waals surface area contributed by atoms with E-state index in [1.807, 2.05) is 0 Å². The fourth-order valence-corrected chi connectivity index (χ4v) is 1.65. The molecule has 0 N–H and O–H groups in total. The summed E-state index contributed by atoms with van der Waals surface area (Å²) in [5, 5.41) is 0. The summed E-state index contributed by atoms with van der Waals surface area (Å²) in [6, 6.07) is 13.4. The van der Waals surface area contributed by atoms with Crippen molar-refractivity contribution < 1.29 is 19.1 Å². The van der Waals surface area contributed by atoms with E-state index in [4.69, 9.17) is 9.47 Å². The van der Waals surface area contributed by atoms with E-state index in [0.29, 0.717) is 22.6 Å². The van der Waals surface area contributed by atoms with Gasteiger partial charge in [0.25, 0.3) is 0 Å². The molecule has 0 amide bonds. The smallest absolute Gasteiger partial charge is 0.200 e. The Labute approximate surface area is 116 Å². The van der Waals surface area contributed by atoms with E-state index in [9.17, 15) is 9.59 Å². The minimum Gasteiger partial charge on any atom is -0.497 e. The second kappa shape index (κ2) is 6.52. The van der Waals surface area contributed by atoms with E-state index in [1.165, 1.54) is 0 Å². The summed E-state index contributed by atoms with van der Waals surface area (Å²) < 4.78 is 10.4.